The number of hydrogen-bond acceptors (Lipinski definition) is 1. The first-order valence-electron chi connectivity index (χ1n) is 5.85. The Labute approximate surface area is 97.7 Å². The maximum Gasteiger partial charge on any atom is 0.104 e. The second-order valence-corrected chi connectivity index (χ2v) is 4.78. The van der Waals surface area contributed by atoms with Crippen molar-refractivity contribution in [1.82, 2.24) is 0 Å². The first kappa shape index (κ1) is 11.4. The fourth-order valence-corrected chi connectivity index (χ4v) is 2.14. The Bertz CT molecular complexity index is 350. The van der Waals surface area contributed by atoms with Gasteiger partial charge in [-0.05, 0) is 5.56 Å². The van der Waals surface area contributed by atoms with E-state index in [0.29, 0.717) is 0 Å². The number of rotatable bonds is 3. The average molecular weight is 218 g/mol. The molecule has 0 atom stereocenters. The quantitative estimate of drug-likeness (QED) is 0.707. The lowest BCUT2D eigenvalue weighted by molar-refractivity contribution is -0.929. The topological polar surface area (TPSA) is 9.23 Å². The van der Waals surface area contributed by atoms with E-state index in [4.69, 9.17) is 4.74 Å². The van der Waals surface area contributed by atoms with Crippen LogP contribution in [0.5, 0.6) is 0 Å². The maximum atomic E-state index is 5.41. The van der Waals surface area contributed by atoms with Gasteiger partial charge in [-0.25, -0.2) is 0 Å². The van der Waals surface area contributed by atoms with Gasteiger partial charge in [0.05, 0.1) is 20.3 Å². The van der Waals surface area contributed by atoms with Crippen LogP contribution in [-0.2, 0) is 11.3 Å². The van der Waals surface area contributed by atoms with Crippen LogP contribution in [0.1, 0.15) is 11.1 Å². The highest BCUT2D eigenvalue weighted by Crippen LogP contribution is 2.15. The Kier molecular flexibility index (Phi) is 3.42. The minimum Gasteiger partial charge on any atom is -0.370 e. The van der Waals surface area contributed by atoms with Crippen molar-refractivity contribution in [3.8, 4) is 0 Å². The van der Waals surface area contributed by atoms with E-state index in [1.54, 1.807) is 0 Å². The second kappa shape index (κ2) is 4.81. The highest BCUT2D eigenvalue weighted by molar-refractivity contribution is 5.47. The molecule has 0 aromatic heterocycles. The summed E-state index contributed by atoms with van der Waals surface area (Å²) in [6, 6.07) is 8.68. The van der Waals surface area contributed by atoms with Crippen LogP contribution in [0.25, 0.3) is 6.08 Å². The summed E-state index contributed by atoms with van der Waals surface area (Å²) >= 11 is 0. The van der Waals surface area contributed by atoms with Crippen molar-refractivity contribution in [2.24, 2.45) is 0 Å². The fraction of sp³-hybridized carbons (Fsp3) is 0.429. The molecular weight excluding hydrogens is 198 g/mol. The number of likely N-dealkylation sites (N-methyl/N-ethyl adjacent to an activating group) is 1. The highest BCUT2D eigenvalue weighted by atomic mass is 16.5. The molecule has 1 fully saturated rings. The molecule has 1 aliphatic rings. The van der Waals surface area contributed by atoms with Gasteiger partial charge in [0.2, 0.25) is 0 Å². The molecule has 1 saturated heterocycles. The van der Waals surface area contributed by atoms with Crippen molar-refractivity contribution in [1.29, 1.82) is 0 Å². The predicted molar refractivity (Wildman–Crippen MR) is 67.0 cm³/mol. The Morgan fingerprint density at radius 1 is 1.25 bits per heavy atom. The number of benzene rings is 1. The Balaban J connectivity index is 2.04. The van der Waals surface area contributed by atoms with Crippen LogP contribution >= 0.6 is 0 Å². The SMILES string of the molecule is C=Cc1ccc(C[N+]2(C)CCOCC2)cc1. The first-order valence-corrected chi connectivity index (χ1v) is 5.85. The maximum absolute atomic E-state index is 5.41. The molecule has 0 aliphatic carbocycles. The summed E-state index contributed by atoms with van der Waals surface area (Å²) < 4.78 is 6.50. The summed E-state index contributed by atoms with van der Waals surface area (Å²) in [6.07, 6.45) is 1.88. The van der Waals surface area contributed by atoms with Crippen LogP contribution in [0.4, 0.5) is 0 Å². The van der Waals surface area contributed by atoms with Gasteiger partial charge in [-0.15, -0.1) is 0 Å². The molecule has 0 bridgehead atoms. The number of morpholine rings is 1. The summed E-state index contributed by atoms with van der Waals surface area (Å²) in [4.78, 5) is 0. The summed E-state index contributed by atoms with van der Waals surface area (Å²) in [5, 5.41) is 0. The van der Waals surface area contributed by atoms with Gasteiger partial charge in [0.15, 0.2) is 0 Å². The Morgan fingerprint density at radius 3 is 2.44 bits per heavy atom. The predicted octanol–water partition coefficient (Wildman–Crippen LogP) is 2.31. The molecular formula is C14H20NO+. The van der Waals surface area contributed by atoms with Gasteiger partial charge in [0, 0.05) is 5.56 Å². The third kappa shape index (κ3) is 2.71. The Hall–Kier alpha value is -1.12. The van der Waals surface area contributed by atoms with Crippen molar-refractivity contribution in [3.05, 3.63) is 42.0 Å². The third-order valence-electron chi connectivity index (χ3n) is 3.33. The van der Waals surface area contributed by atoms with Crippen molar-refractivity contribution >= 4 is 6.08 Å². The van der Waals surface area contributed by atoms with E-state index in [1.807, 2.05) is 6.08 Å². The molecule has 2 rings (SSSR count). The van der Waals surface area contributed by atoms with E-state index < -0.39 is 0 Å². The third-order valence-corrected chi connectivity index (χ3v) is 3.33. The average Bonchev–Trinajstić information content (AvgIpc) is 2.30. The lowest BCUT2D eigenvalue weighted by Crippen LogP contribution is -2.51. The van der Waals surface area contributed by atoms with Gasteiger partial charge in [-0.3, -0.25) is 0 Å². The molecule has 16 heavy (non-hydrogen) atoms. The van der Waals surface area contributed by atoms with E-state index in [9.17, 15) is 0 Å². The molecule has 0 unspecified atom stereocenters. The molecule has 1 aromatic carbocycles. The van der Waals surface area contributed by atoms with Crippen molar-refractivity contribution in [3.63, 3.8) is 0 Å². The Morgan fingerprint density at radius 2 is 1.88 bits per heavy atom. The van der Waals surface area contributed by atoms with Crippen molar-refractivity contribution in [2.75, 3.05) is 33.4 Å². The van der Waals surface area contributed by atoms with Crippen molar-refractivity contribution < 1.29 is 9.22 Å². The van der Waals surface area contributed by atoms with E-state index in [-0.39, 0.29) is 0 Å². The van der Waals surface area contributed by atoms with Crippen LogP contribution in [0.2, 0.25) is 0 Å². The molecule has 86 valence electrons. The number of ether oxygens (including phenoxy) is 1. The summed E-state index contributed by atoms with van der Waals surface area (Å²) in [5.41, 5.74) is 2.59. The highest BCUT2D eigenvalue weighted by Gasteiger charge is 2.25. The minimum atomic E-state index is 0.890. The molecule has 0 saturated carbocycles. The number of hydrogen-bond donors (Lipinski definition) is 0. The zero-order valence-corrected chi connectivity index (χ0v) is 9.98. The van der Waals surface area contributed by atoms with E-state index in [2.05, 4.69) is 37.9 Å². The lowest BCUT2D eigenvalue weighted by atomic mass is 10.1. The van der Waals surface area contributed by atoms with Gasteiger partial charge in [0.25, 0.3) is 0 Å². The lowest BCUT2D eigenvalue weighted by Gasteiger charge is -2.37. The molecule has 1 aliphatic heterocycles. The van der Waals surface area contributed by atoms with Crippen LogP contribution in [-0.4, -0.2) is 37.8 Å². The first-order chi connectivity index (χ1) is 7.72. The number of quaternary nitrogens is 1. The smallest absolute Gasteiger partial charge is 0.104 e. The normalized spacial score (nSPS) is 19.3. The van der Waals surface area contributed by atoms with E-state index in [0.717, 1.165) is 37.3 Å². The van der Waals surface area contributed by atoms with Gasteiger partial charge in [-0.1, -0.05) is 36.9 Å². The van der Waals surface area contributed by atoms with Crippen LogP contribution in [0.3, 0.4) is 0 Å². The van der Waals surface area contributed by atoms with Gasteiger partial charge in [-0.2, -0.15) is 0 Å². The van der Waals surface area contributed by atoms with Crippen molar-refractivity contribution in [2.45, 2.75) is 6.54 Å². The monoisotopic (exact) mass is 218 g/mol. The molecule has 0 radical (unpaired) electrons. The molecule has 1 heterocycles. The largest absolute Gasteiger partial charge is 0.370 e. The summed E-state index contributed by atoms with van der Waals surface area (Å²) in [7, 11) is 2.31. The van der Waals surface area contributed by atoms with E-state index in [1.165, 1.54) is 11.1 Å². The number of nitrogens with zero attached hydrogens (tertiary/aromatic N) is 1. The van der Waals surface area contributed by atoms with Crippen LogP contribution in [0, 0.1) is 0 Å². The molecule has 0 spiro atoms. The molecule has 1 aromatic rings. The summed E-state index contributed by atoms with van der Waals surface area (Å²) in [6.45, 7) is 8.88. The van der Waals surface area contributed by atoms with Gasteiger partial charge < -0.3 is 9.22 Å². The van der Waals surface area contributed by atoms with Gasteiger partial charge >= 0.3 is 0 Å². The molecule has 2 nitrogen and oxygen atoms in total. The van der Waals surface area contributed by atoms with Crippen LogP contribution in [0.15, 0.2) is 30.8 Å². The zero-order valence-electron chi connectivity index (χ0n) is 9.98. The molecule has 2 heteroatoms. The molecule has 0 N–H and O–H groups in total. The second-order valence-electron chi connectivity index (χ2n) is 4.78. The van der Waals surface area contributed by atoms with E-state index >= 15 is 0 Å². The summed E-state index contributed by atoms with van der Waals surface area (Å²) in [5.74, 6) is 0. The zero-order chi connectivity index (χ0) is 11.4. The molecule has 0 amide bonds. The van der Waals surface area contributed by atoms with Crippen LogP contribution < -0.4 is 0 Å². The fourth-order valence-electron chi connectivity index (χ4n) is 2.14. The minimum absolute atomic E-state index is 0.890. The van der Waals surface area contributed by atoms with Gasteiger partial charge in [0.1, 0.15) is 19.6 Å². The standard InChI is InChI=1S/C14H20NO/c1-3-13-4-6-14(7-5-13)12-15(2)8-10-16-11-9-15/h3-7H,1,8-12H2,2H3/q+1.